The molecule has 1 saturated heterocycles. The molecule has 21 heavy (non-hydrogen) atoms. The monoisotopic (exact) mass is 290 g/mol. The van der Waals surface area contributed by atoms with Crippen molar-refractivity contribution in [2.45, 2.75) is 32.1 Å². The van der Waals surface area contributed by atoms with Crippen LogP contribution in [-0.4, -0.2) is 44.1 Å². The standard InChI is InChI=1S/C17H26N2O2/c1-21-16-7-5-15(6-8-16)9-11-18-17(20)10-14-19-12-3-2-4-13-19/h5-8H,2-4,9-14H2,1H3,(H,18,20). The van der Waals surface area contributed by atoms with E-state index in [1.807, 2.05) is 24.3 Å². The van der Waals surface area contributed by atoms with E-state index in [1.54, 1.807) is 7.11 Å². The largest absolute Gasteiger partial charge is 0.497 e. The number of methoxy groups -OCH3 is 1. The smallest absolute Gasteiger partial charge is 0.221 e. The van der Waals surface area contributed by atoms with Gasteiger partial charge in [-0.25, -0.2) is 0 Å². The Hall–Kier alpha value is -1.55. The van der Waals surface area contributed by atoms with Crippen molar-refractivity contribution in [2.24, 2.45) is 0 Å². The van der Waals surface area contributed by atoms with Gasteiger partial charge in [-0.1, -0.05) is 18.6 Å². The summed E-state index contributed by atoms with van der Waals surface area (Å²) in [7, 11) is 1.66. The number of rotatable bonds is 7. The highest BCUT2D eigenvalue weighted by Gasteiger charge is 2.11. The molecule has 0 unspecified atom stereocenters. The molecule has 1 aliphatic rings. The molecule has 1 heterocycles. The van der Waals surface area contributed by atoms with Gasteiger partial charge < -0.3 is 15.0 Å². The van der Waals surface area contributed by atoms with Crippen molar-refractivity contribution in [3.05, 3.63) is 29.8 Å². The van der Waals surface area contributed by atoms with Gasteiger partial charge in [-0.15, -0.1) is 0 Å². The molecule has 4 heteroatoms. The van der Waals surface area contributed by atoms with Crippen LogP contribution in [-0.2, 0) is 11.2 Å². The maximum atomic E-state index is 11.8. The molecule has 0 saturated carbocycles. The summed E-state index contributed by atoms with van der Waals surface area (Å²) in [5, 5.41) is 3.00. The average molecular weight is 290 g/mol. The van der Waals surface area contributed by atoms with Crippen LogP contribution in [0.25, 0.3) is 0 Å². The molecule has 0 radical (unpaired) electrons. The van der Waals surface area contributed by atoms with Gasteiger partial charge in [0.2, 0.25) is 5.91 Å². The lowest BCUT2D eigenvalue weighted by Gasteiger charge is -2.25. The first-order chi connectivity index (χ1) is 10.3. The molecule has 1 aromatic carbocycles. The molecular weight excluding hydrogens is 264 g/mol. The molecule has 116 valence electrons. The highest BCUT2D eigenvalue weighted by Crippen LogP contribution is 2.11. The number of benzene rings is 1. The normalized spacial score (nSPS) is 15.7. The van der Waals surface area contributed by atoms with E-state index in [0.717, 1.165) is 31.8 Å². The molecule has 1 aliphatic heterocycles. The second-order valence-electron chi connectivity index (χ2n) is 5.60. The lowest BCUT2D eigenvalue weighted by molar-refractivity contribution is -0.121. The summed E-state index contributed by atoms with van der Waals surface area (Å²) in [5.74, 6) is 1.03. The Morgan fingerprint density at radius 1 is 1.19 bits per heavy atom. The zero-order chi connectivity index (χ0) is 14.9. The van der Waals surface area contributed by atoms with Crippen LogP contribution in [0.1, 0.15) is 31.2 Å². The van der Waals surface area contributed by atoms with E-state index in [4.69, 9.17) is 4.74 Å². The van der Waals surface area contributed by atoms with Crippen molar-refractivity contribution in [3.63, 3.8) is 0 Å². The van der Waals surface area contributed by atoms with Crippen molar-refractivity contribution < 1.29 is 9.53 Å². The lowest BCUT2D eigenvalue weighted by atomic mass is 10.1. The zero-order valence-electron chi connectivity index (χ0n) is 12.9. The molecule has 1 amide bonds. The SMILES string of the molecule is COc1ccc(CCNC(=O)CCN2CCCCC2)cc1. The first-order valence-electron chi connectivity index (χ1n) is 7.90. The summed E-state index contributed by atoms with van der Waals surface area (Å²) in [5.41, 5.74) is 1.21. The highest BCUT2D eigenvalue weighted by atomic mass is 16.5. The Balaban J connectivity index is 1.59. The number of likely N-dealkylation sites (tertiary alicyclic amines) is 1. The number of nitrogens with zero attached hydrogens (tertiary/aromatic N) is 1. The first kappa shape index (κ1) is 15.8. The van der Waals surface area contributed by atoms with E-state index >= 15 is 0 Å². The van der Waals surface area contributed by atoms with E-state index in [1.165, 1.54) is 24.8 Å². The van der Waals surface area contributed by atoms with Gasteiger partial charge in [0, 0.05) is 19.5 Å². The van der Waals surface area contributed by atoms with E-state index < -0.39 is 0 Å². The van der Waals surface area contributed by atoms with Crippen LogP contribution in [0, 0.1) is 0 Å². The number of nitrogens with one attached hydrogen (secondary N) is 1. The number of carbonyl (C=O) groups is 1. The fourth-order valence-electron chi connectivity index (χ4n) is 2.67. The van der Waals surface area contributed by atoms with Gasteiger partial charge in [-0.05, 0) is 50.0 Å². The van der Waals surface area contributed by atoms with Crippen molar-refractivity contribution in [2.75, 3.05) is 33.3 Å². The topological polar surface area (TPSA) is 41.6 Å². The zero-order valence-corrected chi connectivity index (χ0v) is 12.9. The summed E-state index contributed by atoms with van der Waals surface area (Å²) in [6.45, 7) is 3.90. The van der Waals surface area contributed by atoms with Crippen LogP contribution in [0.5, 0.6) is 5.75 Å². The average Bonchev–Trinajstić information content (AvgIpc) is 2.54. The van der Waals surface area contributed by atoms with Gasteiger partial charge in [0.25, 0.3) is 0 Å². The van der Waals surface area contributed by atoms with Crippen molar-refractivity contribution in [1.82, 2.24) is 10.2 Å². The third kappa shape index (κ3) is 5.76. The van der Waals surface area contributed by atoms with E-state index in [2.05, 4.69) is 10.2 Å². The third-order valence-corrected chi connectivity index (χ3v) is 4.00. The van der Waals surface area contributed by atoms with E-state index in [0.29, 0.717) is 13.0 Å². The summed E-state index contributed by atoms with van der Waals surface area (Å²) >= 11 is 0. The number of hydrogen-bond donors (Lipinski definition) is 1. The maximum Gasteiger partial charge on any atom is 0.221 e. The Morgan fingerprint density at radius 3 is 2.57 bits per heavy atom. The minimum absolute atomic E-state index is 0.161. The second-order valence-corrected chi connectivity index (χ2v) is 5.60. The minimum Gasteiger partial charge on any atom is -0.497 e. The minimum atomic E-state index is 0.161. The van der Waals surface area contributed by atoms with Crippen LogP contribution in [0.2, 0.25) is 0 Å². The van der Waals surface area contributed by atoms with E-state index in [9.17, 15) is 4.79 Å². The Bertz CT molecular complexity index is 425. The molecule has 2 rings (SSSR count). The molecule has 0 aromatic heterocycles. The van der Waals surface area contributed by atoms with E-state index in [-0.39, 0.29) is 5.91 Å². The molecule has 0 atom stereocenters. The number of piperidine rings is 1. The number of carbonyl (C=O) groups excluding carboxylic acids is 1. The molecule has 4 nitrogen and oxygen atoms in total. The van der Waals surface area contributed by atoms with Gasteiger partial charge in [-0.3, -0.25) is 4.79 Å². The molecule has 1 N–H and O–H groups in total. The van der Waals surface area contributed by atoms with Crippen molar-refractivity contribution >= 4 is 5.91 Å². The van der Waals surface area contributed by atoms with Gasteiger partial charge in [0.1, 0.15) is 5.75 Å². The predicted octanol–water partition coefficient (Wildman–Crippen LogP) is 2.23. The maximum absolute atomic E-state index is 11.8. The van der Waals surface area contributed by atoms with Crippen LogP contribution >= 0.6 is 0 Å². The molecule has 1 fully saturated rings. The summed E-state index contributed by atoms with van der Waals surface area (Å²) in [6, 6.07) is 7.98. The van der Waals surface area contributed by atoms with Crippen LogP contribution in [0.4, 0.5) is 0 Å². The van der Waals surface area contributed by atoms with Crippen LogP contribution in [0.3, 0.4) is 0 Å². The quantitative estimate of drug-likeness (QED) is 0.837. The molecular formula is C17H26N2O2. The number of amides is 1. The number of hydrogen-bond acceptors (Lipinski definition) is 3. The highest BCUT2D eigenvalue weighted by molar-refractivity contribution is 5.76. The predicted molar refractivity (Wildman–Crippen MR) is 84.6 cm³/mol. The summed E-state index contributed by atoms with van der Waals surface area (Å²) < 4.78 is 5.13. The second kappa shape index (κ2) is 8.67. The van der Waals surface area contributed by atoms with Gasteiger partial charge in [0.05, 0.1) is 7.11 Å². The molecule has 0 spiro atoms. The lowest BCUT2D eigenvalue weighted by Crippen LogP contribution is -2.34. The third-order valence-electron chi connectivity index (χ3n) is 4.00. The Labute approximate surface area is 127 Å². The molecule has 1 aromatic rings. The van der Waals surface area contributed by atoms with Gasteiger partial charge in [0.15, 0.2) is 0 Å². The first-order valence-corrected chi connectivity index (χ1v) is 7.90. The summed E-state index contributed by atoms with van der Waals surface area (Å²) in [6.07, 6.45) is 5.37. The number of ether oxygens (including phenoxy) is 1. The van der Waals surface area contributed by atoms with Gasteiger partial charge in [-0.2, -0.15) is 0 Å². The Morgan fingerprint density at radius 2 is 1.90 bits per heavy atom. The fourth-order valence-corrected chi connectivity index (χ4v) is 2.67. The van der Waals surface area contributed by atoms with Crippen LogP contribution < -0.4 is 10.1 Å². The fraction of sp³-hybridized carbons (Fsp3) is 0.588. The van der Waals surface area contributed by atoms with Gasteiger partial charge >= 0.3 is 0 Å². The van der Waals surface area contributed by atoms with Crippen LogP contribution in [0.15, 0.2) is 24.3 Å². The molecule has 0 bridgehead atoms. The van der Waals surface area contributed by atoms with Crippen molar-refractivity contribution in [1.29, 1.82) is 0 Å². The van der Waals surface area contributed by atoms with Crippen molar-refractivity contribution in [3.8, 4) is 5.75 Å². The molecule has 0 aliphatic carbocycles. The summed E-state index contributed by atoms with van der Waals surface area (Å²) in [4.78, 5) is 14.2. The Kier molecular flexibility index (Phi) is 6.54.